The van der Waals surface area contributed by atoms with Crippen molar-refractivity contribution in [3.63, 3.8) is 0 Å². The van der Waals surface area contributed by atoms with E-state index in [4.69, 9.17) is 4.74 Å². The number of hydrogen-bond acceptors (Lipinski definition) is 5. The first-order valence-corrected chi connectivity index (χ1v) is 10.1. The number of carbonyl (C=O) groups is 2. The van der Waals surface area contributed by atoms with E-state index in [2.05, 4.69) is 26.8 Å². The Labute approximate surface area is 166 Å². The minimum atomic E-state index is -0.482. The summed E-state index contributed by atoms with van der Waals surface area (Å²) in [5.74, 6) is -0.411. The number of carbonyl (C=O) groups excluding carboxylic acids is 2. The van der Waals surface area contributed by atoms with Gasteiger partial charge in [0, 0.05) is 17.4 Å². The van der Waals surface area contributed by atoms with Crippen LogP contribution in [0, 0.1) is 17.3 Å². The number of aldehydes is 1. The molecule has 0 bridgehead atoms. The van der Waals surface area contributed by atoms with Crippen LogP contribution >= 0.6 is 0 Å². The molecule has 0 amide bonds. The van der Waals surface area contributed by atoms with Crippen molar-refractivity contribution < 1.29 is 24.5 Å². The SMILES string of the molecule is CC(C)CC(=O)c1c(O)c(C=O)c2c(c1O)CC1(C)CCC(C(C)C)=CC1O2. The number of benzene rings is 1. The highest BCUT2D eigenvalue weighted by molar-refractivity contribution is 6.05. The third kappa shape index (κ3) is 3.31. The van der Waals surface area contributed by atoms with E-state index in [1.54, 1.807) is 0 Å². The number of phenolic OH excluding ortho intramolecular Hbond substituents is 2. The fraction of sp³-hybridized carbons (Fsp3) is 0.565. The molecule has 2 aliphatic rings. The van der Waals surface area contributed by atoms with Crippen LogP contribution in [0.15, 0.2) is 11.6 Å². The molecule has 3 rings (SSSR count). The highest BCUT2D eigenvalue weighted by Gasteiger charge is 2.45. The number of ketones is 1. The Morgan fingerprint density at radius 3 is 2.54 bits per heavy atom. The van der Waals surface area contributed by atoms with Crippen molar-refractivity contribution in [1.29, 1.82) is 0 Å². The van der Waals surface area contributed by atoms with Crippen LogP contribution in [0.4, 0.5) is 0 Å². The second-order valence-corrected chi connectivity index (χ2v) is 9.20. The molecule has 0 saturated heterocycles. The second kappa shape index (κ2) is 7.26. The van der Waals surface area contributed by atoms with Crippen molar-refractivity contribution in [2.24, 2.45) is 17.3 Å². The molecular formula is C23H30O5. The van der Waals surface area contributed by atoms with Crippen LogP contribution in [0.1, 0.15) is 80.2 Å². The lowest BCUT2D eigenvalue weighted by atomic mass is 9.67. The van der Waals surface area contributed by atoms with Crippen molar-refractivity contribution in [2.75, 3.05) is 0 Å². The molecule has 0 saturated carbocycles. The first-order chi connectivity index (χ1) is 13.1. The van der Waals surface area contributed by atoms with Gasteiger partial charge in [0.15, 0.2) is 12.1 Å². The molecule has 0 fully saturated rings. The maximum Gasteiger partial charge on any atom is 0.170 e. The summed E-state index contributed by atoms with van der Waals surface area (Å²) in [6.45, 7) is 10.2. The number of rotatable bonds is 5. The normalized spacial score (nSPS) is 23.7. The standard InChI is InChI=1S/C23H30O5/c1-12(2)8-17(25)19-20(26)15-10-23(5)7-6-14(13(3)4)9-18(23)28-22(15)16(11-24)21(19)27/h9,11-13,18,26-27H,6-8,10H2,1-5H3. The van der Waals surface area contributed by atoms with E-state index >= 15 is 0 Å². The number of aromatic hydroxyl groups is 2. The van der Waals surface area contributed by atoms with E-state index in [0.717, 1.165) is 12.8 Å². The van der Waals surface area contributed by atoms with Crippen LogP contribution < -0.4 is 4.74 Å². The fourth-order valence-corrected chi connectivity index (χ4v) is 4.35. The number of hydrogen-bond donors (Lipinski definition) is 2. The zero-order valence-electron chi connectivity index (χ0n) is 17.3. The van der Waals surface area contributed by atoms with Crippen LogP contribution in [-0.4, -0.2) is 28.4 Å². The van der Waals surface area contributed by atoms with Crippen LogP contribution in [-0.2, 0) is 6.42 Å². The van der Waals surface area contributed by atoms with E-state index < -0.39 is 5.75 Å². The Bertz CT molecular complexity index is 849. The molecule has 1 aliphatic carbocycles. The average molecular weight is 386 g/mol. The predicted molar refractivity (Wildman–Crippen MR) is 107 cm³/mol. The highest BCUT2D eigenvalue weighted by Crippen LogP contribution is 2.53. The number of fused-ring (bicyclic) bond motifs is 2. The molecule has 1 aromatic carbocycles. The van der Waals surface area contributed by atoms with E-state index in [1.165, 1.54) is 5.57 Å². The van der Waals surface area contributed by atoms with Gasteiger partial charge in [0.1, 0.15) is 28.9 Å². The van der Waals surface area contributed by atoms with Gasteiger partial charge in [-0.3, -0.25) is 9.59 Å². The zero-order chi connectivity index (χ0) is 20.8. The van der Waals surface area contributed by atoms with Crippen molar-refractivity contribution in [1.82, 2.24) is 0 Å². The first-order valence-electron chi connectivity index (χ1n) is 10.1. The van der Waals surface area contributed by atoms with Crippen molar-refractivity contribution in [2.45, 2.75) is 66.4 Å². The Hall–Kier alpha value is -2.30. The van der Waals surface area contributed by atoms with E-state index in [9.17, 15) is 19.8 Å². The number of ether oxygens (including phenoxy) is 1. The molecule has 2 atom stereocenters. The number of allylic oxidation sites excluding steroid dienone is 1. The quantitative estimate of drug-likeness (QED) is 0.430. The summed E-state index contributed by atoms with van der Waals surface area (Å²) in [5.41, 5.74) is 1.32. The van der Waals surface area contributed by atoms with Gasteiger partial charge in [-0.1, -0.05) is 40.2 Å². The second-order valence-electron chi connectivity index (χ2n) is 9.20. The molecule has 1 aliphatic heterocycles. The zero-order valence-corrected chi connectivity index (χ0v) is 17.3. The topological polar surface area (TPSA) is 83.8 Å². The average Bonchev–Trinajstić information content (AvgIpc) is 2.59. The summed E-state index contributed by atoms with van der Waals surface area (Å²) in [6.07, 6.45) is 4.93. The van der Waals surface area contributed by atoms with Gasteiger partial charge in [-0.2, -0.15) is 0 Å². The summed E-state index contributed by atoms with van der Waals surface area (Å²) in [7, 11) is 0. The van der Waals surface area contributed by atoms with Gasteiger partial charge in [-0.15, -0.1) is 0 Å². The third-order valence-corrected chi connectivity index (χ3v) is 6.13. The Morgan fingerprint density at radius 1 is 1.29 bits per heavy atom. The Kier molecular flexibility index (Phi) is 5.30. The van der Waals surface area contributed by atoms with E-state index in [-0.39, 0.29) is 52.3 Å². The monoisotopic (exact) mass is 386 g/mol. The summed E-state index contributed by atoms with van der Waals surface area (Å²) >= 11 is 0. The molecule has 2 N–H and O–H groups in total. The molecule has 28 heavy (non-hydrogen) atoms. The van der Waals surface area contributed by atoms with Crippen LogP contribution in [0.3, 0.4) is 0 Å². The summed E-state index contributed by atoms with van der Waals surface area (Å²) in [5, 5.41) is 21.5. The van der Waals surface area contributed by atoms with Crippen molar-refractivity contribution >= 4 is 12.1 Å². The van der Waals surface area contributed by atoms with Gasteiger partial charge in [0.05, 0.1) is 5.56 Å². The third-order valence-electron chi connectivity index (χ3n) is 6.13. The number of Topliss-reactive ketones (excluding diaryl/α,β-unsaturated/α-hetero) is 1. The van der Waals surface area contributed by atoms with Gasteiger partial charge in [0.2, 0.25) is 0 Å². The molecule has 0 radical (unpaired) electrons. The molecule has 0 spiro atoms. The molecule has 0 aromatic heterocycles. The van der Waals surface area contributed by atoms with Crippen LogP contribution in [0.25, 0.3) is 0 Å². The lowest BCUT2D eigenvalue weighted by Crippen LogP contribution is -2.44. The summed E-state index contributed by atoms with van der Waals surface area (Å²) in [6, 6.07) is 0. The Morgan fingerprint density at radius 2 is 1.96 bits per heavy atom. The number of phenols is 2. The van der Waals surface area contributed by atoms with E-state index in [0.29, 0.717) is 24.2 Å². The molecule has 5 nitrogen and oxygen atoms in total. The predicted octanol–water partition coefficient (Wildman–Crippen LogP) is 4.83. The molecule has 1 aromatic rings. The van der Waals surface area contributed by atoms with Crippen LogP contribution in [0.2, 0.25) is 0 Å². The molecule has 1 heterocycles. The maximum atomic E-state index is 12.6. The van der Waals surface area contributed by atoms with Crippen LogP contribution in [0.5, 0.6) is 17.2 Å². The first kappa shape index (κ1) is 20.4. The molecular weight excluding hydrogens is 356 g/mol. The van der Waals surface area contributed by atoms with Crippen molar-refractivity contribution in [3.8, 4) is 17.2 Å². The largest absolute Gasteiger partial charge is 0.507 e. The van der Waals surface area contributed by atoms with Gasteiger partial charge in [-0.05, 0) is 37.2 Å². The minimum absolute atomic E-state index is 0.0490. The highest BCUT2D eigenvalue weighted by atomic mass is 16.5. The summed E-state index contributed by atoms with van der Waals surface area (Å²) in [4.78, 5) is 24.4. The molecule has 5 heteroatoms. The molecule has 152 valence electrons. The Balaban J connectivity index is 2.14. The van der Waals surface area contributed by atoms with Gasteiger partial charge >= 0.3 is 0 Å². The van der Waals surface area contributed by atoms with Gasteiger partial charge < -0.3 is 14.9 Å². The van der Waals surface area contributed by atoms with Gasteiger partial charge in [-0.25, -0.2) is 0 Å². The molecule has 2 unspecified atom stereocenters. The maximum absolute atomic E-state index is 12.6. The van der Waals surface area contributed by atoms with E-state index in [1.807, 2.05) is 13.8 Å². The van der Waals surface area contributed by atoms with Gasteiger partial charge in [0.25, 0.3) is 0 Å². The summed E-state index contributed by atoms with van der Waals surface area (Å²) < 4.78 is 6.18. The smallest absolute Gasteiger partial charge is 0.170 e. The van der Waals surface area contributed by atoms with Crippen molar-refractivity contribution in [3.05, 3.63) is 28.3 Å². The lowest BCUT2D eigenvalue weighted by Gasteiger charge is -2.45. The lowest BCUT2D eigenvalue weighted by molar-refractivity contribution is 0.0562. The minimum Gasteiger partial charge on any atom is -0.507 e. The fourth-order valence-electron chi connectivity index (χ4n) is 4.35.